The highest BCUT2D eigenvalue weighted by Crippen LogP contribution is 2.23. The van der Waals surface area contributed by atoms with Gasteiger partial charge in [0.05, 0.1) is 12.9 Å². The molecule has 3 heterocycles. The van der Waals surface area contributed by atoms with E-state index in [2.05, 4.69) is 19.9 Å². The van der Waals surface area contributed by atoms with Crippen molar-refractivity contribution in [2.45, 2.75) is 24.8 Å². The van der Waals surface area contributed by atoms with Gasteiger partial charge in [0.1, 0.15) is 5.76 Å². The van der Waals surface area contributed by atoms with E-state index in [9.17, 15) is 9.59 Å². The van der Waals surface area contributed by atoms with Gasteiger partial charge in [-0.1, -0.05) is 11.8 Å². The molecule has 0 spiro atoms. The zero-order chi connectivity index (χ0) is 16.6. The van der Waals surface area contributed by atoms with Crippen molar-refractivity contribution in [3.8, 4) is 0 Å². The number of furan rings is 1. The molecule has 0 aliphatic heterocycles. The highest BCUT2D eigenvalue weighted by Gasteiger charge is 2.15. The van der Waals surface area contributed by atoms with Crippen LogP contribution in [0.25, 0.3) is 5.78 Å². The molecule has 3 aromatic rings. The van der Waals surface area contributed by atoms with Gasteiger partial charge in [-0.2, -0.15) is 0 Å². The quantitative estimate of drug-likeness (QED) is 0.572. The van der Waals surface area contributed by atoms with Gasteiger partial charge in [0.2, 0.25) is 11.5 Å². The van der Waals surface area contributed by atoms with E-state index in [0.29, 0.717) is 28.0 Å². The van der Waals surface area contributed by atoms with Gasteiger partial charge in [-0.15, -0.1) is 10.2 Å². The average molecular weight is 334 g/mol. The normalized spacial score (nSPS) is 11.1. The third-order valence-electron chi connectivity index (χ3n) is 3.47. The van der Waals surface area contributed by atoms with Crippen molar-refractivity contribution in [1.82, 2.24) is 19.6 Å². The zero-order valence-corrected chi connectivity index (χ0v) is 13.6. The SMILES string of the molecule is COC(=O)c1ccc(CSc2nnc3[nH]c(=O)c(C)c(C)n23)o1. The Morgan fingerprint density at radius 1 is 1.39 bits per heavy atom. The van der Waals surface area contributed by atoms with E-state index in [1.165, 1.54) is 18.9 Å². The number of thioether (sulfide) groups is 1. The standard InChI is InChI=1S/C14H14N4O4S/c1-7-8(2)18-13(15-11(7)19)16-17-14(18)23-6-9-4-5-10(22-9)12(20)21-3/h4-5H,6H2,1-3H3,(H,15,16,19). The minimum Gasteiger partial charge on any atom is -0.463 e. The van der Waals surface area contributed by atoms with Gasteiger partial charge in [-0.25, -0.2) is 4.79 Å². The molecule has 0 fully saturated rings. The van der Waals surface area contributed by atoms with Crippen molar-refractivity contribution in [3.63, 3.8) is 0 Å². The second-order valence-electron chi connectivity index (χ2n) is 4.85. The van der Waals surface area contributed by atoms with Crippen LogP contribution < -0.4 is 5.56 Å². The smallest absolute Gasteiger partial charge is 0.373 e. The molecule has 0 radical (unpaired) electrons. The Morgan fingerprint density at radius 2 is 2.17 bits per heavy atom. The molecule has 0 bridgehead atoms. The molecule has 0 atom stereocenters. The van der Waals surface area contributed by atoms with Crippen LogP contribution in [0.15, 0.2) is 26.5 Å². The van der Waals surface area contributed by atoms with Crippen LogP contribution in [0.2, 0.25) is 0 Å². The molecule has 120 valence electrons. The summed E-state index contributed by atoms with van der Waals surface area (Å²) in [5.74, 6) is 1.13. The first-order valence-electron chi connectivity index (χ1n) is 6.75. The number of aromatic nitrogens is 4. The van der Waals surface area contributed by atoms with E-state index in [-0.39, 0.29) is 11.3 Å². The first-order valence-corrected chi connectivity index (χ1v) is 7.74. The van der Waals surface area contributed by atoms with Crippen LogP contribution in [-0.2, 0) is 10.5 Å². The summed E-state index contributed by atoms with van der Waals surface area (Å²) in [6.07, 6.45) is 0. The van der Waals surface area contributed by atoms with Crippen LogP contribution >= 0.6 is 11.8 Å². The lowest BCUT2D eigenvalue weighted by Gasteiger charge is -2.04. The summed E-state index contributed by atoms with van der Waals surface area (Å²) in [6.45, 7) is 3.59. The van der Waals surface area contributed by atoms with Crippen LogP contribution in [0.1, 0.15) is 27.6 Å². The van der Waals surface area contributed by atoms with Crippen LogP contribution in [0.3, 0.4) is 0 Å². The van der Waals surface area contributed by atoms with Crippen molar-refractivity contribution in [1.29, 1.82) is 0 Å². The minimum absolute atomic E-state index is 0.158. The van der Waals surface area contributed by atoms with E-state index < -0.39 is 5.97 Å². The minimum atomic E-state index is -0.516. The van der Waals surface area contributed by atoms with Gasteiger partial charge in [0.15, 0.2) is 5.16 Å². The van der Waals surface area contributed by atoms with E-state index in [0.717, 1.165) is 5.69 Å². The molecule has 0 unspecified atom stereocenters. The second kappa shape index (κ2) is 5.92. The lowest BCUT2D eigenvalue weighted by Crippen LogP contribution is -2.15. The molecule has 0 aromatic carbocycles. The molecule has 0 aliphatic carbocycles. The number of rotatable bonds is 4. The number of aromatic amines is 1. The van der Waals surface area contributed by atoms with Gasteiger partial charge in [-0.05, 0) is 26.0 Å². The number of ether oxygens (including phenoxy) is 1. The van der Waals surface area contributed by atoms with Crippen LogP contribution in [0.4, 0.5) is 0 Å². The maximum absolute atomic E-state index is 11.7. The summed E-state index contributed by atoms with van der Waals surface area (Å²) in [6, 6.07) is 3.28. The molecule has 9 heteroatoms. The van der Waals surface area contributed by atoms with Crippen molar-refractivity contribution < 1.29 is 13.9 Å². The van der Waals surface area contributed by atoms with Crippen molar-refractivity contribution in [2.24, 2.45) is 0 Å². The van der Waals surface area contributed by atoms with Crippen LogP contribution in [0, 0.1) is 13.8 Å². The molecular formula is C14H14N4O4S. The Kier molecular flexibility index (Phi) is 3.95. The maximum atomic E-state index is 11.7. The van der Waals surface area contributed by atoms with E-state index in [4.69, 9.17) is 4.42 Å². The van der Waals surface area contributed by atoms with Crippen LogP contribution in [0.5, 0.6) is 0 Å². The summed E-state index contributed by atoms with van der Waals surface area (Å²) in [4.78, 5) is 25.8. The van der Waals surface area contributed by atoms with Crippen molar-refractivity contribution in [2.75, 3.05) is 7.11 Å². The summed E-state index contributed by atoms with van der Waals surface area (Å²) in [5.41, 5.74) is 1.23. The molecule has 3 rings (SSSR count). The first kappa shape index (κ1) is 15.3. The van der Waals surface area contributed by atoms with E-state index >= 15 is 0 Å². The predicted octanol–water partition coefficient (Wildman–Crippen LogP) is 1.71. The molecule has 0 saturated carbocycles. The third kappa shape index (κ3) is 2.74. The zero-order valence-electron chi connectivity index (χ0n) is 12.7. The number of esters is 1. The van der Waals surface area contributed by atoms with Gasteiger partial charge in [0.25, 0.3) is 5.56 Å². The average Bonchev–Trinajstić information content (AvgIpc) is 3.16. The number of hydrogen-bond donors (Lipinski definition) is 1. The molecule has 3 aromatic heterocycles. The molecule has 23 heavy (non-hydrogen) atoms. The molecule has 1 N–H and O–H groups in total. The second-order valence-corrected chi connectivity index (χ2v) is 5.79. The highest BCUT2D eigenvalue weighted by atomic mass is 32.2. The number of fused-ring (bicyclic) bond motifs is 1. The van der Waals surface area contributed by atoms with E-state index in [1.54, 1.807) is 23.5 Å². The first-order chi connectivity index (χ1) is 11.0. The number of hydrogen-bond acceptors (Lipinski definition) is 7. The summed E-state index contributed by atoms with van der Waals surface area (Å²) in [7, 11) is 1.30. The fraction of sp³-hybridized carbons (Fsp3) is 0.286. The fourth-order valence-electron chi connectivity index (χ4n) is 2.08. The number of carbonyl (C=O) groups excluding carboxylic acids is 1. The number of aryl methyl sites for hydroxylation is 1. The van der Waals surface area contributed by atoms with Gasteiger partial charge in [-0.3, -0.25) is 14.2 Å². The fourth-order valence-corrected chi connectivity index (χ4v) is 2.95. The third-order valence-corrected chi connectivity index (χ3v) is 4.42. The number of nitrogens with zero attached hydrogens (tertiary/aromatic N) is 3. The number of methoxy groups -OCH3 is 1. The largest absolute Gasteiger partial charge is 0.463 e. The highest BCUT2D eigenvalue weighted by molar-refractivity contribution is 7.98. The Labute approximate surface area is 134 Å². The number of H-pyrrole nitrogens is 1. The molecule has 8 nitrogen and oxygen atoms in total. The summed E-state index contributed by atoms with van der Waals surface area (Å²) < 4.78 is 11.8. The summed E-state index contributed by atoms with van der Waals surface area (Å²) >= 11 is 1.39. The molecule has 0 aliphatic rings. The van der Waals surface area contributed by atoms with Crippen molar-refractivity contribution in [3.05, 3.63) is 45.3 Å². The predicted molar refractivity (Wildman–Crippen MR) is 82.7 cm³/mol. The molecular weight excluding hydrogens is 320 g/mol. The summed E-state index contributed by atoms with van der Waals surface area (Å²) in [5, 5.41) is 8.69. The Morgan fingerprint density at radius 3 is 2.91 bits per heavy atom. The maximum Gasteiger partial charge on any atom is 0.373 e. The number of nitrogens with one attached hydrogen (secondary N) is 1. The Hall–Kier alpha value is -2.55. The van der Waals surface area contributed by atoms with E-state index in [1.807, 2.05) is 6.92 Å². The molecule has 0 saturated heterocycles. The van der Waals surface area contributed by atoms with Crippen LogP contribution in [-0.4, -0.2) is 32.7 Å². The Bertz CT molecular complexity index is 940. The van der Waals surface area contributed by atoms with Gasteiger partial charge in [0, 0.05) is 11.3 Å². The lowest BCUT2D eigenvalue weighted by atomic mass is 10.3. The Balaban J connectivity index is 1.85. The monoisotopic (exact) mass is 334 g/mol. The lowest BCUT2D eigenvalue weighted by molar-refractivity contribution is 0.0563. The van der Waals surface area contributed by atoms with Crippen molar-refractivity contribution >= 4 is 23.5 Å². The topological polar surface area (TPSA) is 102 Å². The van der Waals surface area contributed by atoms with Gasteiger partial charge < -0.3 is 9.15 Å². The van der Waals surface area contributed by atoms with Gasteiger partial charge >= 0.3 is 5.97 Å². The number of carbonyl (C=O) groups is 1. The molecule has 0 amide bonds.